The number of nitrogens with two attached hydrogens (primary N) is 1. The number of rotatable bonds is 9. The summed E-state index contributed by atoms with van der Waals surface area (Å²) >= 11 is 0. The summed E-state index contributed by atoms with van der Waals surface area (Å²) in [5.41, 5.74) is 8.42. The number of sulfone groups is 1. The van der Waals surface area contributed by atoms with Crippen molar-refractivity contribution in [2.45, 2.75) is 43.0 Å². The molecular formula is C26H28N6O4S. The largest absolute Gasteiger partial charge is 0.339 e. The average Bonchev–Trinajstić information content (AvgIpc) is 3.43. The zero-order valence-corrected chi connectivity index (χ0v) is 21.5. The van der Waals surface area contributed by atoms with E-state index in [1.165, 1.54) is 36.5 Å². The fourth-order valence-electron chi connectivity index (χ4n) is 3.87. The van der Waals surface area contributed by atoms with Crippen molar-refractivity contribution in [1.82, 2.24) is 19.7 Å². The molecule has 2 N–H and O–H groups in total. The van der Waals surface area contributed by atoms with Crippen LogP contribution in [0, 0.1) is 0 Å². The molecule has 4 rings (SSSR count). The standard InChI is InChI=1S/C26H28N6O4S/c1-19(2)32(36-20(3)33)25-9-4-8-24(30-25)26(27,37(34,35)23-7-5-14-28-18-23)17-21-10-12-22(13-11-21)31-16-6-15-29-31/h4-16,18-19H,17,27H2,1-3H3. The molecule has 3 heterocycles. The van der Waals surface area contributed by atoms with Gasteiger partial charge in [-0.2, -0.15) is 10.2 Å². The van der Waals surface area contributed by atoms with Crippen molar-refractivity contribution in [3.05, 3.63) is 96.7 Å². The molecule has 11 heteroatoms. The van der Waals surface area contributed by atoms with Gasteiger partial charge >= 0.3 is 5.97 Å². The van der Waals surface area contributed by atoms with Crippen LogP contribution in [0.3, 0.4) is 0 Å². The van der Waals surface area contributed by atoms with Crippen molar-refractivity contribution in [3.8, 4) is 5.69 Å². The SMILES string of the molecule is CC(=O)ON(c1cccc(C(N)(Cc2ccc(-n3cccn3)cc2)S(=O)(=O)c2cccnc2)n1)C(C)C. The van der Waals surface area contributed by atoms with Gasteiger partial charge in [0.15, 0.2) is 10.7 Å². The Hall–Kier alpha value is -4.09. The van der Waals surface area contributed by atoms with Crippen molar-refractivity contribution in [2.24, 2.45) is 5.73 Å². The Labute approximate surface area is 215 Å². The number of nitrogens with zero attached hydrogens (tertiary/aromatic N) is 5. The van der Waals surface area contributed by atoms with Crippen molar-refractivity contribution >= 4 is 21.6 Å². The molecule has 3 aromatic heterocycles. The number of hydrogen-bond acceptors (Lipinski definition) is 9. The zero-order valence-electron chi connectivity index (χ0n) is 20.7. The third kappa shape index (κ3) is 5.37. The minimum Gasteiger partial charge on any atom is -0.339 e. The first kappa shape index (κ1) is 26.0. The van der Waals surface area contributed by atoms with E-state index in [0.29, 0.717) is 5.56 Å². The van der Waals surface area contributed by atoms with Gasteiger partial charge in [0, 0.05) is 38.1 Å². The Kier molecular flexibility index (Phi) is 7.37. The zero-order chi connectivity index (χ0) is 26.6. The lowest BCUT2D eigenvalue weighted by atomic mass is 10.0. The highest BCUT2D eigenvalue weighted by Crippen LogP contribution is 2.34. The Morgan fingerprint density at radius 1 is 1.08 bits per heavy atom. The number of pyridine rings is 2. The van der Waals surface area contributed by atoms with Gasteiger partial charge in [-0.3, -0.25) is 9.78 Å². The summed E-state index contributed by atoms with van der Waals surface area (Å²) in [5, 5.41) is 5.54. The molecule has 0 saturated heterocycles. The highest BCUT2D eigenvalue weighted by Gasteiger charge is 2.45. The van der Waals surface area contributed by atoms with Gasteiger partial charge in [0.2, 0.25) is 9.84 Å². The van der Waals surface area contributed by atoms with Crippen LogP contribution in [-0.4, -0.2) is 40.2 Å². The Morgan fingerprint density at radius 2 is 1.84 bits per heavy atom. The van der Waals surface area contributed by atoms with E-state index in [-0.39, 0.29) is 28.9 Å². The van der Waals surface area contributed by atoms with Crippen molar-refractivity contribution in [1.29, 1.82) is 0 Å². The second-order valence-electron chi connectivity index (χ2n) is 8.76. The summed E-state index contributed by atoms with van der Waals surface area (Å²) in [4.78, 5) is 23.6. The lowest BCUT2D eigenvalue weighted by molar-refractivity contribution is -0.143. The monoisotopic (exact) mass is 520 g/mol. The lowest BCUT2D eigenvalue weighted by Gasteiger charge is -2.31. The lowest BCUT2D eigenvalue weighted by Crippen LogP contribution is -2.48. The van der Waals surface area contributed by atoms with E-state index < -0.39 is 20.7 Å². The maximum Gasteiger partial charge on any atom is 0.329 e. The van der Waals surface area contributed by atoms with E-state index in [2.05, 4.69) is 15.1 Å². The second kappa shape index (κ2) is 10.5. The molecular weight excluding hydrogens is 492 g/mol. The van der Waals surface area contributed by atoms with E-state index in [1.54, 1.807) is 41.2 Å². The number of hydroxylamine groups is 1. The molecule has 0 saturated carbocycles. The summed E-state index contributed by atoms with van der Waals surface area (Å²) < 4.78 is 29.7. The quantitative estimate of drug-likeness (QED) is 0.330. The van der Waals surface area contributed by atoms with Crippen LogP contribution in [0.2, 0.25) is 0 Å². The van der Waals surface area contributed by atoms with E-state index in [1.807, 2.05) is 38.2 Å². The molecule has 0 amide bonds. The van der Waals surface area contributed by atoms with Gasteiger partial charge in [-0.05, 0) is 61.9 Å². The van der Waals surface area contributed by atoms with Crippen LogP contribution in [0.5, 0.6) is 0 Å². The third-order valence-corrected chi connectivity index (χ3v) is 7.86. The molecule has 1 atom stereocenters. The summed E-state index contributed by atoms with van der Waals surface area (Å²) in [6, 6.07) is 16.7. The first-order valence-corrected chi connectivity index (χ1v) is 13.1. The summed E-state index contributed by atoms with van der Waals surface area (Å²) in [6.45, 7) is 4.92. The molecule has 1 unspecified atom stereocenters. The Bertz CT molecular complexity index is 1460. The molecule has 1 aromatic carbocycles. The molecule has 192 valence electrons. The molecule has 0 aliphatic carbocycles. The molecule has 0 bridgehead atoms. The van der Waals surface area contributed by atoms with Gasteiger partial charge in [-0.15, -0.1) is 0 Å². The molecule has 0 spiro atoms. The third-order valence-electron chi connectivity index (χ3n) is 5.69. The first-order chi connectivity index (χ1) is 17.6. The van der Waals surface area contributed by atoms with Crippen molar-refractivity contribution in [3.63, 3.8) is 0 Å². The van der Waals surface area contributed by atoms with E-state index in [9.17, 15) is 13.2 Å². The summed E-state index contributed by atoms with van der Waals surface area (Å²) in [7, 11) is -4.18. The summed E-state index contributed by atoms with van der Waals surface area (Å²) in [5.74, 6) is -0.270. The number of aromatic nitrogens is 4. The minimum absolute atomic E-state index is 0.0291. The predicted octanol–water partition coefficient (Wildman–Crippen LogP) is 3.18. The smallest absolute Gasteiger partial charge is 0.329 e. The summed E-state index contributed by atoms with van der Waals surface area (Å²) in [6.07, 6.45) is 6.17. The van der Waals surface area contributed by atoms with Crippen LogP contribution in [0.1, 0.15) is 32.0 Å². The van der Waals surface area contributed by atoms with Gasteiger partial charge in [-0.25, -0.2) is 18.1 Å². The topological polar surface area (TPSA) is 133 Å². The first-order valence-electron chi connectivity index (χ1n) is 11.6. The van der Waals surface area contributed by atoms with Crippen LogP contribution in [0.25, 0.3) is 5.69 Å². The van der Waals surface area contributed by atoms with Gasteiger partial charge in [0.25, 0.3) is 0 Å². The molecule has 0 radical (unpaired) electrons. The van der Waals surface area contributed by atoms with Crippen molar-refractivity contribution < 1.29 is 18.0 Å². The van der Waals surface area contributed by atoms with Gasteiger partial charge < -0.3 is 10.6 Å². The fourth-order valence-corrected chi connectivity index (χ4v) is 5.49. The molecule has 0 aliphatic rings. The number of carbonyl (C=O) groups is 1. The van der Waals surface area contributed by atoms with Crippen LogP contribution in [-0.2, 0) is 30.8 Å². The van der Waals surface area contributed by atoms with E-state index in [0.717, 1.165) is 5.69 Å². The van der Waals surface area contributed by atoms with Gasteiger partial charge in [0.05, 0.1) is 22.3 Å². The number of carbonyl (C=O) groups excluding carboxylic acids is 1. The molecule has 0 aliphatic heterocycles. The molecule has 0 fully saturated rings. The normalized spacial score (nSPS) is 13.2. The van der Waals surface area contributed by atoms with E-state index >= 15 is 0 Å². The van der Waals surface area contributed by atoms with Crippen LogP contribution in [0.15, 0.2) is 90.3 Å². The highest BCUT2D eigenvalue weighted by atomic mass is 32.2. The average molecular weight is 521 g/mol. The Morgan fingerprint density at radius 3 is 2.43 bits per heavy atom. The highest BCUT2D eigenvalue weighted by molar-refractivity contribution is 7.92. The molecule has 37 heavy (non-hydrogen) atoms. The fraction of sp³-hybridized carbons (Fsp3) is 0.231. The number of hydrogen-bond donors (Lipinski definition) is 1. The molecule has 4 aromatic rings. The Balaban J connectivity index is 1.81. The predicted molar refractivity (Wildman–Crippen MR) is 138 cm³/mol. The maximum absolute atomic E-state index is 14.0. The van der Waals surface area contributed by atoms with E-state index in [4.69, 9.17) is 10.6 Å². The second-order valence-corrected chi connectivity index (χ2v) is 11.0. The van der Waals surface area contributed by atoms with Crippen LogP contribution >= 0.6 is 0 Å². The maximum atomic E-state index is 14.0. The minimum atomic E-state index is -4.18. The number of benzene rings is 1. The van der Waals surface area contributed by atoms with Crippen LogP contribution < -0.4 is 10.8 Å². The number of anilines is 1. The van der Waals surface area contributed by atoms with Crippen molar-refractivity contribution in [2.75, 3.05) is 5.06 Å². The van der Waals surface area contributed by atoms with Crippen LogP contribution in [0.4, 0.5) is 5.82 Å². The van der Waals surface area contributed by atoms with Gasteiger partial charge in [0.1, 0.15) is 0 Å². The van der Waals surface area contributed by atoms with Gasteiger partial charge in [-0.1, -0.05) is 18.2 Å². The molecule has 10 nitrogen and oxygen atoms in total.